The van der Waals surface area contributed by atoms with Crippen molar-refractivity contribution in [3.8, 4) is 0 Å². The fourth-order valence-corrected chi connectivity index (χ4v) is 4.26. The lowest BCUT2D eigenvalue weighted by Crippen LogP contribution is -2.35. The number of carbonyl (C=O) groups excluding carboxylic acids is 1. The smallest absolute Gasteiger partial charge is 0.317 e. The molecule has 146 valence electrons. The SMILES string of the molecule is CCc1ccccc1NC(=O)CSc1[nH]c2ccccc2[n+]1Cc1ccccc1. The van der Waals surface area contributed by atoms with Gasteiger partial charge in [-0.2, -0.15) is 0 Å². The molecule has 1 aromatic heterocycles. The van der Waals surface area contributed by atoms with Crippen LogP contribution in [0, 0.1) is 0 Å². The van der Waals surface area contributed by atoms with Crippen LogP contribution in [0.1, 0.15) is 18.1 Å². The molecule has 0 radical (unpaired) electrons. The lowest BCUT2D eigenvalue weighted by Gasteiger charge is -2.09. The molecule has 1 amide bonds. The molecule has 0 aliphatic carbocycles. The number of nitrogens with zero attached hydrogens (tertiary/aromatic N) is 1. The summed E-state index contributed by atoms with van der Waals surface area (Å²) in [4.78, 5) is 16.1. The Labute approximate surface area is 175 Å². The number of anilines is 1. The minimum Gasteiger partial charge on any atom is -0.325 e. The van der Waals surface area contributed by atoms with Crippen molar-refractivity contribution < 1.29 is 9.36 Å². The van der Waals surface area contributed by atoms with Crippen molar-refractivity contribution in [2.45, 2.75) is 25.0 Å². The number of H-pyrrole nitrogens is 1. The van der Waals surface area contributed by atoms with Gasteiger partial charge in [-0.05, 0) is 47.5 Å². The summed E-state index contributed by atoms with van der Waals surface area (Å²) < 4.78 is 2.24. The summed E-state index contributed by atoms with van der Waals surface area (Å²) in [5, 5.41) is 4.03. The van der Waals surface area contributed by atoms with E-state index in [1.807, 2.05) is 42.5 Å². The molecule has 29 heavy (non-hydrogen) atoms. The van der Waals surface area contributed by atoms with Crippen LogP contribution in [0.5, 0.6) is 0 Å². The number of aromatic nitrogens is 2. The van der Waals surface area contributed by atoms with Crippen molar-refractivity contribution in [1.82, 2.24) is 4.98 Å². The van der Waals surface area contributed by atoms with Crippen molar-refractivity contribution in [1.29, 1.82) is 0 Å². The second kappa shape index (κ2) is 8.97. The van der Waals surface area contributed by atoms with Crippen LogP contribution in [-0.4, -0.2) is 16.6 Å². The van der Waals surface area contributed by atoms with E-state index in [2.05, 4.69) is 58.2 Å². The van der Waals surface area contributed by atoms with Crippen LogP contribution in [0.4, 0.5) is 5.69 Å². The number of aromatic amines is 1. The number of aryl methyl sites for hydroxylation is 1. The molecule has 5 heteroatoms. The van der Waals surface area contributed by atoms with E-state index in [1.165, 1.54) is 17.3 Å². The number of nitrogens with one attached hydrogen (secondary N) is 2. The van der Waals surface area contributed by atoms with Gasteiger partial charge in [0.2, 0.25) is 5.91 Å². The summed E-state index contributed by atoms with van der Waals surface area (Å²) in [7, 11) is 0. The summed E-state index contributed by atoms with van der Waals surface area (Å²) >= 11 is 1.53. The summed E-state index contributed by atoms with van der Waals surface area (Å²) in [5.41, 5.74) is 5.48. The number of amides is 1. The average Bonchev–Trinajstić information content (AvgIpc) is 3.11. The molecule has 0 unspecified atom stereocenters. The van der Waals surface area contributed by atoms with Crippen LogP contribution in [0.15, 0.2) is 84.0 Å². The van der Waals surface area contributed by atoms with E-state index in [0.717, 1.165) is 40.4 Å². The zero-order chi connectivity index (χ0) is 20.1. The summed E-state index contributed by atoms with van der Waals surface area (Å²) in [6.07, 6.45) is 0.892. The molecule has 0 aliphatic heterocycles. The maximum absolute atomic E-state index is 12.6. The number of carbonyl (C=O) groups is 1. The Bertz CT molecular complexity index is 1120. The molecule has 0 saturated carbocycles. The van der Waals surface area contributed by atoms with Crippen LogP contribution in [0.25, 0.3) is 11.0 Å². The summed E-state index contributed by atoms with van der Waals surface area (Å²) in [5.74, 6) is 0.348. The highest BCUT2D eigenvalue weighted by molar-refractivity contribution is 7.99. The number of fused-ring (bicyclic) bond motifs is 1. The molecular formula is C24H24N3OS+. The van der Waals surface area contributed by atoms with Crippen molar-refractivity contribution in [2.24, 2.45) is 0 Å². The Morgan fingerprint density at radius 3 is 2.52 bits per heavy atom. The molecular weight excluding hydrogens is 378 g/mol. The standard InChI is InChI=1S/C24H23N3OS/c1-2-19-12-6-7-13-20(19)25-23(28)17-29-24-26-21-14-8-9-15-22(21)27(24)16-18-10-4-3-5-11-18/h3-15H,2,16-17H2,1H3,(H,25,28)/p+1. The Morgan fingerprint density at radius 2 is 1.69 bits per heavy atom. The van der Waals surface area contributed by atoms with Crippen molar-refractivity contribution >= 4 is 34.4 Å². The van der Waals surface area contributed by atoms with Crippen LogP contribution < -0.4 is 9.88 Å². The molecule has 0 bridgehead atoms. The van der Waals surface area contributed by atoms with Gasteiger partial charge in [0.15, 0.2) is 11.0 Å². The largest absolute Gasteiger partial charge is 0.325 e. The van der Waals surface area contributed by atoms with Gasteiger partial charge in [-0.25, -0.2) is 9.55 Å². The highest BCUT2D eigenvalue weighted by Gasteiger charge is 2.20. The number of rotatable bonds is 7. The zero-order valence-corrected chi connectivity index (χ0v) is 17.2. The van der Waals surface area contributed by atoms with Crippen LogP contribution in [0.2, 0.25) is 0 Å². The highest BCUT2D eigenvalue weighted by Crippen LogP contribution is 2.20. The van der Waals surface area contributed by atoms with Crippen LogP contribution in [0.3, 0.4) is 0 Å². The number of hydrogen-bond acceptors (Lipinski definition) is 2. The quantitative estimate of drug-likeness (QED) is 0.345. The van der Waals surface area contributed by atoms with Gasteiger partial charge in [-0.1, -0.05) is 67.6 Å². The minimum atomic E-state index is 0.000757. The number of thioether (sulfide) groups is 1. The third kappa shape index (κ3) is 4.51. The molecule has 0 aliphatic rings. The van der Waals surface area contributed by atoms with Gasteiger partial charge in [0.05, 0.1) is 5.75 Å². The summed E-state index contributed by atoms with van der Waals surface area (Å²) in [6.45, 7) is 2.85. The van der Waals surface area contributed by atoms with Crippen molar-refractivity contribution in [3.05, 3.63) is 90.0 Å². The van der Waals surface area contributed by atoms with E-state index in [9.17, 15) is 4.79 Å². The molecule has 4 nitrogen and oxygen atoms in total. The molecule has 0 fully saturated rings. The third-order valence-electron chi connectivity index (χ3n) is 4.88. The van der Waals surface area contributed by atoms with Crippen molar-refractivity contribution in [3.63, 3.8) is 0 Å². The third-order valence-corrected chi connectivity index (χ3v) is 5.88. The number of imidazole rings is 1. The number of para-hydroxylation sites is 3. The maximum Gasteiger partial charge on any atom is 0.317 e. The Balaban J connectivity index is 1.53. The molecule has 4 rings (SSSR count). The monoisotopic (exact) mass is 402 g/mol. The average molecular weight is 403 g/mol. The summed E-state index contributed by atoms with van der Waals surface area (Å²) in [6, 6.07) is 26.6. The second-order valence-electron chi connectivity index (χ2n) is 6.87. The van der Waals surface area contributed by atoms with Gasteiger partial charge < -0.3 is 5.32 Å². The first-order chi connectivity index (χ1) is 14.2. The lowest BCUT2D eigenvalue weighted by molar-refractivity contribution is -0.700. The van der Waals surface area contributed by atoms with Gasteiger partial charge in [-0.3, -0.25) is 4.79 Å². The molecule has 0 spiro atoms. The first-order valence-electron chi connectivity index (χ1n) is 9.79. The Hall–Kier alpha value is -3.05. The van der Waals surface area contributed by atoms with Gasteiger partial charge in [0.25, 0.3) is 0 Å². The van der Waals surface area contributed by atoms with E-state index < -0.39 is 0 Å². The molecule has 0 atom stereocenters. The first-order valence-corrected chi connectivity index (χ1v) is 10.8. The van der Waals surface area contributed by atoms with E-state index in [4.69, 9.17) is 0 Å². The van der Waals surface area contributed by atoms with Gasteiger partial charge in [0.1, 0.15) is 6.54 Å². The molecule has 3 aromatic carbocycles. The maximum atomic E-state index is 12.6. The first kappa shape index (κ1) is 19.3. The van der Waals surface area contributed by atoms with Crippen LogP contribution in [-0.2, 0) is 17.8 Å². The normalized spacial score (nSPS) is 10.9. The minimum absolute atomic E-state index is 0.000757. The predicted octanol–water partition coefficient (Wildman–Crippen LogP) is 4.80. The van der Waals surface area contributed by atoms with Crippen LogP contribution >= 0.6 is 11.8 Å². The topological polar surface area (TPSA) is 48.8 Å². The molecule has 4 aromatic rings. The Morgan fingerprint density at radius 1 is 0.966 bits per heavy atom. The van der Waals surface area contributed by atoms with E-state index in [-0.39, 0.29) is 5.91 Å². The van der Waals surface area contributed by atoms with Gasteiger partial charge in [0, 0.05) is 5.69 Å². The van der Waals surface area contributed by atoms with Gasteiger partial charge >= 0.3 is 5.16 Å². The zero-order valence-electron chi connectivity index (χ0n) is 16.4. The predicted molar refractivity (Wildman–Crippen MR) is 119 cm³/mol. The van der Waals surface area contributed by atoms with Crippen molar-refractivity contribution in [2.75, 3.05) is 11.1 Å². The molecule has 2 N–H and O–H groups in total. The van der Waals surface area contributed by atoms with E-state index >= 15 is 0 Å². The van der Waals surface area contributed by atoms with E-state index in [1.54, 1.807) is 0 Å². The fourth-order valence-electron chi connectivity index (χ4n) is 3.41. The lowest BCUT2D eigenvalue weighted by atomic mass is 10.1. The highest BCUT2D eigenvalue weighted by atomic mass is 32.2. The van der Waals surface area contributed by atoms with Gasteiger partial charge in [-0.15, -0.1) is 0 Å². The fraction of sp³-hybridized carbons (Fsp3) is 0.167. The second-order valence-corrected chi connectivity index (χ2v) is 7.83. The molecule has 1 heterocycles. The number of hydrogen-bond donors (Lipinski definition) is 2. The molecule has 0 saturated heterocycles. The Kier molecular flexibility index (Phi) is 5.96. The van der Waals surface area contributed by atoms with E-state index in [0.29, 0.717) is 5.75 Å². The number of benzene rings is 3.